The Balaban J connectivity index is 2.29. The van der Waals surface area contributed by atoms with Crippen molar-refractivity contribution in [2.75, 3.05) is 5.43 Å². The van der Waals surface area contributed by atoms with Gasteiger partial charge in [0.1, 0.15) is 11.0 Å². The molecule has 2 aromatic rings. The summed E-state index contributed by atoms with van der Waals surface area (Å²) in [4.78, 5) is 3.59. The van der Waals surface area contributed by atoms with Gasteiger partial charge in [0, 0.05) is 11.1 Å². The number of aliphatic hydroxyl groups excluding tert-OH is 1. The lowest BCUT2D eigenvalue weighted by Gasteiger charge is -2.13. The SMILES string of the molecule is CCC(O)CCc1c(C)c(O)n(Nc2ccc(C(F)(F)F)c(Cl)n2)c1O. The van der Waals surface area contributed by atoms with Crippen molar-refractivity contribution in [3.63, 3.8) is 0 Å². The van der Waals surface area contributed by atoms with Gasteiger partial charge in [-0.3, -0.25) is 5.43 Å². The number of pyridine rings is 1. The van der Waals surface area contributed by atoms with E-state index in [4.69, 9.17) is 11.6 Å². The first kappa shape index (κ1) is 20.2. The van der Waals surface area contributed by atoms with E-state index in [0.29, 0.717) is 30.4 Å². The number of nitrogens with zero attached hydrogens (tertiary/aromatic N) is 2. The van der Waals surface area contributed by atoms with E-state index in [0.717, 1.165) is 16.8 Å². The predicted molar refractivity (Wildman–Crippen MR) is 90.4 cm³/mol. The number of rotatable bonds is 6. The fourth-order valence-corrected chi connectivity index (χ4v) is 2.71. The van der Waals surface area contributed by atoms with Gasteiger partial charge in [-0.25, -0.2) is 4.98 Å². The van der Waals surface area contributed by atoms with Crippen molar-refractivity contribution in [1.82, 2.24) is 9.66 Å². The van der Waals surface area contributed by atoms with E-state index in [1.54, 1.807) is 6.92 Å². The highest BCUT2D eigenvalue weighted by Crippen LogP contribution is 2.36. The topological polar surface area (TPSA) is 90.5 Å². The first-order chi connectivity index (χ1) is 12.1. The molecule has 0 spiro atoms. The number of aliphatic hydroxyl groups is 1. The van der Waals surface area contributed by atoms with Crippen LogP contribution in [0, 0.1) is 6.92 Å². The van der Waals surface area contributed by atoms with Gasteiger partial charge in [-0.05, 0) is 38.3 Å². The predicted octanol–water partition coefficient (Wildman–Crippen LogP) is 3.85. The zero-order valence-corrected chi connectivity index (χ0v) is 14.9. The highest BCUT2D eigenvalue weighted by Gasteiger charge is 2.34. The fourth-order valence-electron chi connectivity index (χ4n) is 2.45. The van der Waals surface area contributed by atoms with Crippen molar-refractivity contribution < 1.29 is 28.5 Å². The third kappa shape index (κ3) is 4.16. The molecule has 0 radical (unpaired) electrons. The molecule has 4 N–H and O–H groups in total. The highest BCUT2D eigenvalue weighted by molar-refractivity contribution is 6.30. The molecule has 0 aliphatic rings. The maximum absolute atomic E-state index is 12.7. The maximum Gasteiger partial charge on any atom is 0.419 e. The van der Waals surface area contributed by atoms with Crippen LogP contribution < -0.4 is 5.43 Å². The van der Waals surface area contributed by atoms with Crippen LogP contribution in [0.3, 0.4) is 0 Å². The van der Waals surface area contributed by atoms with Crippen molar-refractivity contribution in [2.45, 2.75) is 45.4 Å². The van der Waals surface area contributed by atoms with Crippen LogP contribution in [0.5, 0.6) is 11.8 Å². The summed E-state index contributed by atoms with van der Waals surface area (Å²) in [5.41, 5.74) is 2.23. The summed E-state index contributed by atoms with van der Waals surface area (Å²) in [7, 11) is 0. The van der Waals surface area contributed by atoms with Gasteiger partial charge in [-0.15, -0.1) is 0 Å². The molecule has 6 nitrogen and oxygen atoms in total. The van der Waals surface area contributed by atoms with Crippen molar-refractivity contribution in [3.05, 3.63) is 34.0 Å². The lowest BCUT2D eigenvalue weighted by molar-refractivity contribution is -0.137. The van der Waals surface area contributed by atoms with Gasteiger partial charge in [0.2, 0.25) is 11.8 Å². The number of nitrogens with one attached hydrogen (secondary N) is 1. The lowest BCUT2D eigenvalue weighted by Crippen LogP contribution is -2.12. The molecule has 0 fully saturated rings. The number of halogens is 4. The van der Waals surface area contributed by atoms with Gasteiger partial charge in [0.15, 0.2) is 0 Å². The van der Waals surface area contributed by atoms with Gasteiger partial charge in [0.05, 0.1) is 11.7 Å². The van der Waals surface area contributed by atoms with Crippen LogP contribution >= 0.6 is 11.6 Å². The number of hydrogen-bond acceptors (Lipinski definition) is 5. The average molecular weight is 394 g/mol. The summed E-state index contributed by atoms with van der Waals surface area (Å²) in [6.45, 7) is 3.40. The Morgan fingerprint density at radius 1 is 1.27 bits per heavy atom. The Morgan fingerprint density at radius 2 is 1.92 bits per heavy atom. The molecule has 144 valence electrons. The third-order valence-corrected chi connectivity index (χ3v) is 4.35. The monoisotopic (exact) mass is 393 g/mol. The molecule has 0 aliphatic carbocycles. The standard InChI is InChI=1S/C16H19ClF3N3O3/c1-3-9(24)4-5-10-8(2)14(25)23(15(10)26)22-12-7-6-11(13(17)21-12)16(18,19)20/h6-7,9,24-26H,3-5H2,1-2H3,(H,21,22). The van der Waals surface area contributed by atoms with E-state index in [1.807, 2.05) is 6.92 Å². The molecule has 26 heavy (non-hydrogen) atoms. The summed E-state index contributed by atoms with van der Waals surface area (Å²) in [5.74, 6) is -0.730. The molecule has 0 amide bonds. The fraction of sp³-hybridized carbons (Fsp3) is 0.438. The molecular weight excluding hydrogens is 375 g/mol. The number of alkyl halides is 3. The second-order valence-corrected chi connectivity index (χ2v) is 6.19. The third-order valence-electron chi connectivity index (χ3n) is 4.06. The van der Waals surface area contributed by atoms with Gasteiger partial charge < -0.3 is 15.3 Å². The molecule has 0 bridgehead atoms. The smallest absolute Gasteiger partial charge is 0.419 e. The van der Waals surface area contributed by atoms with E-state index in [2.05, 4.69) is 10.4 Å². The van der Waals surface area contributed by atoms with Gasteiger partial charge in [-0.2, -0.15) is 17.8 Å². The summed E-state index contributed by atoms with van der Waals surface area (Å²) in [5, 5.41) is 29.4. The van der Waals surface area contributed by atoms with E-state index >= 15 is 0 Å². The van der Waals surface area contributed by atoms with Crippen LogP contribution in [-0.2, 0) is 12.6 Å². The minimum Gasteiger partial charge on any atom is -0.493 e. The molecule has 2 aromatic heterocycles. The molecule has 0 saturated carbocycles. The Morgan fingerprint density at radius 3 is 2.46 bits per heavy atom. The molecule has 0 aliphatic heterocycles. The first-order valence-corrected chi connectivity index (χ1v) is 8.25. The number of aromatic nitrogens is 2. The van der Waals surface area contributed by atoms with Crippen LogP contribution in [0.2, 0.25) is 5.15 Å². The van der Waals surface area contributed by atoms with Crippen LogP contribution in [-0.4, -0.2) is 31.1 Å². The molecule has 0 aromatic carbocycles. The Kier molecular flexibility index (Phi) is 5.92. The van der Waals surface area contributed by atoms with E-state index < -0.39 is 23.0 Å². The number of anilines is 1. The van der Waals surface area contributed by atoms with Crippen molar-refractivity contribution in [3.8, 4) is 11.8 Å². The highest BCUT2D eigenvalue weighted by atomic mass is 35.5. The zero-order valence-electron chi connectivity index (χ0n) is 14.1. The Labute approximate surface area is 152 Å². The van der Waals surface area contributed by atoms with E-state index in [9.17, 15) is 28.5 Å². The molecular formula is C16H19ClF3N3O3. The summed E-state index contributed by atoms with van der Waals surface area (Å²) < 4.78 is 39.1. The van der Waals surface area contributed by atoms with Crippen LogP contribution in [0.15, 0.2) is 12.1 Å². The normalized spacial score (nSPS) is 13.0. The minimum absolute atomic E-state index is 0.0938. The minimum atomic E-state index is -4.63. The first-order valence-electron chi connectivity index (χ1n) is 7.87. The van der Waals surface area contributed by atoms with Gasteiger partial charge in [-0.1, -0.05) is 18.5 Å². The van der Waals surface area contributed by atoms with Gasteiger partial charge in [0.25, 0.3) is 0 Å². The lowest BCUT2D eigenvalue weighted by atomic mass is 10.0. The van der Waals surface area contributed by atoms with E-state index in [-0.39, 0.29) is 17.6 Å². The molecule has 2 rings (SSSR count). The number of hydrogen-bond donors (Lipinski definition) is 4. The van der Waals surface area contributed by atoms with Crippen molar-refractivity contribution in [2.24, 2.45) is 0 Å². The van der Waals surface area contributed by atoms with Crippen LogP contribution in [0.1, 0.15) is 36.5 Å². The number of aromatic hydroxyl groups is 2. The quantitative estimate of drug-likeness (QED) is 0.560. The second kappa shape index (κ2) is 7.63. The maximum atomic E-state index is 12.7. The van der Waals surface area contributed by atoms with Crippen molar-refractivity contribution >= 4 is 17.4 Å². The van der Waals surface area contributed by atoms with Crippen LogP contribution in [0.25, 0.3) is 0 Å². The largest absolute Gasteiger partial charge is 0.493 e. The summed E-state index contributed by atoms with van der Waals surface area (Å²) in [6, 6.07) is 1.78. The molecule has 2 heterocycles. The molecule has 1 unspecified atom stereocenters. The Hall–Kier alpha value is -2.13. The van der Waals surface area contributed by atoms with Crippen molar-refractivity contribution in [1.29, 1.82) is 0 Å². The van der Waals surface area contributed by atoms with Gasteiger partial charge >= 0.3 is 6.18 Å². The van der Waals surface area contributed by atoms with Crippen LogP contribution in [0.4, 0.5) is 19.0 Å². The molecule has 1 atom stereocenters. The molecule has 0 saturated heterocycles. The zero-order chi connectivity index (χ0) is 19.6. The molecule has 10 heteroatoms. The average Bonchev–Trinajstić information content (AvgIpc) is 2.75. The summed E-state index contributed by atoms with van der Waals surface area (Å²) >= 11 is 5.56. The second-order valence-electron chi connectivity index (χ2n) is 5.83. The Bertz CT molecular complexity index is 793. The summed E-state index contributed by atoms with van der Waals surface area (Å²) in [6.07, 6.45) is -3.92. The van der Waals surface area contributed by atoms with E-state index in [1.165, 1.54) is 0 Å².